The molecule has 0 spiro atoms. The third-order valence-corrected chi connectivity index (χ3v) is 3.78. The maximum absolute atomic E-state index is 12.9. The number of ether oxygens (including phenoxy) is 2. The number of likely N-dealkylation sites (N-methyl/N-ethyl adjacent to an activating group) is 1. The van der Waals surface area contributed by atoms with Crippen molar-refractivity contribution in [3.8, 4) is 5.75 Å². The van der Waals surface area contributed by atoms with Gasteiger partial charge in [-0.1, -0.05) is 0 Å². The minimum absolute atomic E-state index is 0.0424. The Morgan fingerprint density at radius 2 is 1.86 bits per heavy atom. The number of furan rings is 2. The van der Waals surface area contributed by atoms with Gasteiger partial charge >= 0.3 is 5.97 Å². The van der Waals surface area contributed by atoms with Crippen LogP contribution in [0.4, 0.5) is 4.39 Å². The standard InChI is InChI=1S/C20H18FNO6/c1-22(11-16-3-2-10-25-16)19(23)13-27-20(24)18-9-8-17(28-18)12-26-15-6-4-14(21)5-7-15/h2-10H,11-13H2,1H3. The number of carbonyl (C=O) groups excluding carboxylic acids is 2. The van der Waals surface area contributed by atoms with E-state index in [1.165, 1.54) is 41.5 Å². The van der Waals surface area contributed by atoms with Crippen LogP contribution in [-0.2, 0) is 22.7 Å². The summed E-state index contributed by atoms with van der Waals surface area (Å²) in [5.74, 6) is -0.0634. The van der Waals surface area contributed by atoms with Gasteiger partial charge in [-0.25, -0.2) is 9.18 Å². The van der Waals surface area contributed by atoms with E-state index in [0.29, 0.717) is 17.3 Å². The molecule has 146 valence electrons. The average molecular weight is 387 g/mol. The fourth-order valence-corrected chi connectivity index (χ4v) is 2.28. The molecule has 8 heteroatoms. The van der Waals surface area contributed by atoms with E-state index in [9.17, 15) is 14.0 Å². The summed E-state index contributed by atoms with van der Waals surface area (Å²) in [5, 5.41) is 0. The fourth-order valence-electron chi connectivity index (χ4n) is 2.28. The summed E-state index contributed by atoms with van der Waals surface area (Å²) in [6, 6.07) is 12.0. The van der Waals surface area contributed by atoms with Gasteiger partial charge in [0.25, 0.3) is 5.91 Å². The van der Waals surface area contributed by atoms with Crippen molar-refractivity contribution in [2.24, 2.45) is 0 Å². The van der Waals surface area contributed by atoms with Gasteiger partial charge in [0.15, 0.2) is 6.61 Å². The quantitative estimate of drug-likeness (QED) is 0.551. The first-order chi connectivity index (χ1) is 13.5. The minimum atomic E-state index is -0.757. The van der Waals surface area contributed by atoms with Crippen LogP contribution in [0.25, 0.3) is 0 Å². The lowest BCUT2D eigenvalue weighted by molar-refractivity contribution is -0.134. The van der Waals surface area contributed by atoms with Gasteiger partial charge in [0.2, 0.25) is 5.76 Å². The average Bonchev–Trinajstić information content (AvgIpc) is 3.37. The highest BCUT2D eigenvalue weighted by molar-refractivity contribution is 5.88. The third kappa shape index (κ3) is 5.23. The van der Waals surface area contributed by atoms with Gasteiger partial charge in [-0.05, 0) is 48.5 Å². The lowest BCUT2D eigenvalue weighted by Crippen LogP contribution is -2.30. The molecule has 1 amide bonds. The van der Waals surface area contributed by atoms with Crippen LogP contribution in [0.1, 0.15) is 22.1 Å². The largest absolute Gasteiger partial charge is 0.486 e. The highest BCUT2D eigenvalue weighted by Crippen LogP contribution is 2.15. The highest BCUT2D eigenvalue weighted by Gasteiger charge is 2.17. The molecule has 0 saturated carbocycles. The SMILES string of the molecule is CN(Cc1ccco1)C(=O)COC(=O)c1ccc(COc2ccc(F)cc2)o1. The molecular formula is C20H18FNO6. The Bertz CT molecular complexity index is 917. The Balaban J connectivity index is 1.45. The molecule has 0 atom stereocenters. The van der Waals surface area contributed by atoms with E-state index in [2.05, 4.69) is 0 Å². The van der Waals surface area contributed by atoms with Crippen LogP contribution in [0.3, 0.4) is 0 Å². The highest BCUT2D eigenvalue weighted by atomic mass is 19.1. The van der Waals surface area contributed by atoms with Crippen LogP contribution < -0.4 is 4.74 Å². The predicted molar refractivity (Wildman–Crippen MR) is 94.9 cm³/mol. The lowest BCUT2D eigenvalue weighted by Gasteiger charge is -2.15. The van der Waals surface area contributed by atoms with Crippen molar-refractivity contribution in [1.82, 2.24) is 4.90 Å². The van der Waals surface area contributed by atoms with Gasteiger partial charge in [-0.2, -0.15) is 0 Å². The molecule has 0 aliphatic carbocycles. The summed E-state index contributed by atoms with van der Waals surface area (Å²) in [4.78, 5) is 25.4. The number of hydrogen-bond acceptors (Lipinski definition) is 6. The van der Waals surface area contributed by atoms with Crippen molar-refractivity contribution in [3.63, 3.8) is 0 Å². The van der Waals surface area contributed by atoms with Crippen molar-refractivity contribution in [2.75, 3.05) is 13.7 Å². The molecule has 0 radical (unpaired) electrons. The second-order valence-electron chi connectivity index (χ2n) is 5.91. The Hall–Kier alpha value is -3.55. The molecule has 2 aromatic heterocycles. The molecule has 0 saturated heterocycles. The van der Waals surface area contributed by atoms with Crippen molar-refractivity contribution >= 4 is 11.9 Å². The summed E-state index contributed by atoms with van der Waals surface area (Å²) < 4.78 is 33.8. The van der Waals surface area contributed by atoms with E-state index in [1.54, 1.807) is 25.2 Å². The summed E-state index contributed by atoms with van der Waals surface area (Å²) in [6.45, 7) is -0.0864. The first-order valence-corrected chi connectivity index (χ1v) is 8.42. The summed E-state index contributed by atoms with van der Waals surface area (Å²) in [5.41, 5.74) is 0. The molecular weight excluding hydrogens is 369 g/mol. The van der Waals surface area contributed by atoms with Gasteiger partial charge in [0.05, 0.1) is 12.8 Å². The van der Waals surface area contributed by atoms with Gasteiger partial charge in [0.1, 0.15) is 29.7 Å². The molecule has 0 aliphatic rings. The molecule has 3 aromatic rings. The Morgan fingerprint density at radius 3 is 2.57 bits per heavy atom. The zero-order chi connectivity index (χ0) is 19.9. The number of esters is 1. The zero-order valence-electron chi connectivity index (χ0n) is 15.1. The van der Waals surface area contributed by atoms with E-state index in [0.717, 1.165) is 0 Å². The molecule has 2 heterocycles. The number of halogens is 1. The number of carbonyl (C=O) groups is 2. The Kier molecular flexibility index (Phi) is 6.11. The first kappa shape index (κ1) is 19.2. The molecule has 0 unspecified atom stereocenters. The van der Waals surface area contributed by atoms with Crippen molar-refractivity contribution in [3.05, 3.63) is 77.9 Å². The van der Waals surface area contributed by atoms with Crippen molar-refractivity contribution < 1.29 is 32.3 Å². The number of benzene rings is 1. The van der Waals surface area contributed by atoms with Crippen LogP contribution in [-0.4, -0.2) is 30.4 Å². The predicted octanol–water partition coefficient (Wildman–Crippen LogP) is 3.41. The van der Waals surface area contributed by atoms with Crippen molar-refractivity contribution in [1.29, 1.82) is 0 Å². The maximum atomic E-state index is 12.9. The van der Waals surface area contributed by atoms with Crippen LogP contribution in [0, 0.1) is 5.82 Å². The van der Waals surface area contributed by atoms with E-state index in [4.69, 9.17) is 18.3 Å². The molecule has 3 rings (SSSR count). The van der Waals surface area contributed by atoms with E-state index in [1.807, 2.05) is 0 Å². The molecule has 0 fully saturated rings. The smallest absolute Gasteiger partial charge is 0.374 e. The van der Waals surface area contributed by atoms with Gasteiger partial charge in [-0.15, -0.1) is 0 Å². The first-order valence-electron chi connectivity index (χ1n) is 8.42. The number of amides is 1. The minimum Gasteiger partial charge on any atom is -0.486 e. The van der Waals surface area contributed by atoms with Crippen LogP contribution in [0.2, 0.25) is 0 Å². The second-order valence-corrected chi connectivity index (χ2v) is 5.91. The topological polar surface area (TPSA) is 82.1 Å². The molecule has 0 bridgehead atoms. The third-order valence-electron chi connectivity index (χ3n) is 3.78. The van der Waals surface area contributed by atoms with Gasteiger partial charge < -0.3 is 23.2 Å². The maximum Gasteiger partial charge on any atom is 0.374 e. The monoisotopic (exact) mass is 387 g/mol. The Morgan fingerprint density at radius 1 is 1.07 bits per heavy atom. The molecule has 0 N–H and O–H groups in total. The van der Waals surface area contributed by atoms with Crippen molar-refractivity contribution in [2.45, 2.75) is 13.2 Å². The lowest BCUT2D eigenvalue weighted by atomic mass is 10.3. The van der Waals surface area contributed by atoms with Crippen LogP contribution in [0.15, 0.2) is 63.6 Å². The summed E-state index contributed by atoms with van der Waals surface area (Å²) in [6.07, 6.45) is 1.52. The van der Waals surface area contributed by atoms with E-state index >= 15 is 0 Å². The number of hydrogen-bond donors (Lipinski definition) is 0. The van der Waals surface area contributed by atoms with Gasteiger partial charge in [0, 0.05) is 7.05 Å². The number of rotatable bonds is 8. The summed E-state index contributed by atoms with van der Waals surface area (Å²) >= 11 is 0. The fraction of sp³-hybridized carbons (Fsp3) is 0.200. The summed E-state index contributed by atoms with van der Waals surface area (Å²) in [7, 11) is 1.58. The van der Waals surface area contributed by atoms with Crippen LogP contribution >= 0.6 is 0 Å². The normalized spacial score (nSPS) is 10.5. The van der Waals surface area contributed by atoms with Crippen LogP contribution in [0.5, 0.6) is 5.75 Å². The molecule has 1 aromatic carbocycles. The van der Waals surface area contributed by atoms with E-state index < -0.39 is 12.6 Å². The van der Waals surface area contributed by atoms with Gasteiger partial charge in [-0.3, -0.25) is 4.79 Å². The molecule has 0 aliphatic heterocycles. The molecule has 28 heavy (non-hydrogen) atoms. The van der Waals surface area contributed by atoms with E-state index in [-0.39, 0.29) is 30.6 Å². The second kappa shape index (κ2) is 8.90. The zero-order valence-corrected chi connectivity index (χ0v) is 15.1. The molecule has 7 nitrogen and oxygen atoms in total. The number of nitrogens with zero attached hydrogens (tertiary/aromatic N) is 1. The Labute approximate surface area is 160 Å².